The maximum Gasteiger partial charge on any atom is 0.0218 e. The SMILES string of the molecule is CCC1CNC(C)CN1CC1CCC1. The van der Waals surface area contributed by atoms with Gasteiger partial charge in [-0.2, -0.15) is 0 Å². The molecule has 1 aliphatic carbocycles. The second-order valence-corrected chi connectivity index (χ2v) is 5.12. The first-order chi connectivity index (χ1) is 6.79. The summed E-state index contributed by atoms with van der Waals surface area (Å²) < 4.78 is 0. The molecule has 0 aromatic heterocycles. The van der Waals surface area contributed by atoms with Crippen LogP contribution in [0.1, 0.15) is 39.5 Å². The largest absolute Gasteiger partial charge is 0.311 e. The van der Waals surface area contributed by atoms with Crippen molar-refractivity contribution in [3.8, 4) is 0 Å². The van der Waals surface area contributed by atoms with Crippen LogP contribution in [0, 0.1) is 5.92 Å². The van der Waals surface area contributed by atoms with Crippen molar-refractivity contribution in [2.75, 3.05) is 19.6 Å². The van der Waals surface area contributed by atoms with Crippen LogP contribution in [0.5, 0.6) is 0 Å². The van der Waals surface area contributed by atoms with Crippen LogP contribution >= 0.6 is 0 Å². The monoisotopic (exact) mass is 196 g/mol. The van der Waals surface area contributed by atoms with Gasteiger partial charge in [-0.3, -0.25) is 4.90 Å². The number of nitrogens with zero attached hydrogens (tertiary/aromatic N) is 1. The lowest BCUT2D eigenvalue weighted by molar-refractivity contribution is 0.0902. The van der Waals surface area contributed by atoms with E-state index in [1.165, 1.54) is 45.3 Å². The first-order valence-corrected chi connectivity index (χ1v) is 6.27. The lowest BCUT2D eigenvalue weighted by Gasteiger charge is -2.42. The first kappa shape index (κ1) is 10.4. The highest BCUT2D eigenvalue weighted by Crippen LogP contribution is 2.28. The van der Waals surface area contributed by atoms with Crippen LogP contribution in [0.3, 0.4) is 0 Å². The molecule has 1 N–H and O–H groups in total. The minimum Gasteiger partial charge on any atom is -0.311 e. The minimum atomic E-state index is 0.692. The number of hydrogen-bond donors (Lipinski definition) is 1. The molecule has 2 atom stereocenters. The molecule has 0 bridgehead atoms. The molecule has 0 spiro atoms. The molecular weight excluding hydrogens is 172 g/mol. The fourth-order valence-corrected chi connectivity index (χ4v) is 2.66. The van der Waals surface area contributed by atoms with Crippen LogP contribution in [0.4, 0.5) is 0 Å². The van der Waals surface area contributed by atoms with Crippen molar-refractivity contribution in [2.45, 2.75) is 51.6 Å². The molecule has 0 amide bonds. The molecule has 0 aromatic rings. The van der Waals surface area contributed by atoms with Crippen molar-refractivity contribution >= 4 is 0 Å². The molecule has 14 heavy (non-hydrogen) atoms. The van der Waals surface area contributed by atoms with E-state index in [0.717, 1.165) is 12.0 Å². The van der Waals surface area contributed by atoms with Gasteiger partial charge in [-0.1, -0.05) is 13.3 Å². The van der Waals surface area contributed by atoms with Crippen LogP contribution in [0.15, 0.2) is 0 Å². The van der Waals surface area contributed by atoms with Crippen molar-refractivity contribution in [3.05, 3.63) is 0 Å². The third kappa shape index (κ3) is 2.29. The molecule has 0 aromatic carbocycles. The van der Waals surface area contributed by atoms with E-state index in [9.17, 15) is 0 Å². The zero-order chi connectivity index (χ0) is 9.97. The lowest BCUT2D eigenvalue weighted by Crippen LogP contribution is -2.56. The first-order valence-electron chi connectivity index (χ1n) is 6.27. The average molecular weight is 196 g/mol. The van der Waals surface area contributed by atoms with Crippen molar-refractivity contribution in [3.63, 3.8) is 0 Å². The Labute approximate surface area is 88.1 Å². The third-order valence-electron chi connectivity index (χ3n) is 3.92. The van der Waals surface area contributed by atoms with Crippen molar-refractivity contribution < 1.29 is 0 Å². The summed E-state index contributed by atoms with van der Waals surface area (Å²) in [7, 11) is 0. The molecule has 2 nitrogen and oxygen atoms in total. The van der Waals surface area contributed by atoms with Gasteiger partial charge >= 0.3 is 0 Å². The maximum absolute atomic E-state index is 3.58. The Morgan fingerprint density at radius 2 is 2.14 bits per heavy atom. The molecule has 82 valence electrons. The maximum atomic E-state index is 3.58. The van der Waals surface area contributed by atoms with Crippen LogP contribution in [-0.4, -0.2) is 36.6 Å². The quantitative estimate of drug-likeness (QED) is 0.741. The molecular formula is C12H24N2. The summed E-state index contributed by atoms with van der Waals surface area (Å²) >= 11 is 0. The highest BCUT2D eigenvalue weighted by Gasteiger charge is 2.28. The Morgan fingerprint density at radius 3 is 2.71 bits per heavy atom. The van der Waals surface area contributed by atoms with E-state index in [1.54, 1.807) is 0 Å². The van der Waals surface area contributed by atoms with Gasteiger partial charge < -0.3 is 5.32 Å². The van der Waals surface area contributed by atoms with E-state index in [0.29, 0.717) is 6.04 Å². The van der Waals surface area contributed by atoms with Gasteiger partial charge in [-0.25, -0.2) is 0 Å². The summed E-state index contributed by atoms with van der Waals surface area (Å²) in [6.07, 6.45) is 5.74. The van der Waals surface area contributed by atoms with E-state index in [-0.39, 0.29) is 0 Å². The molecule has 2 rings (SSSR count). The highest BCUT2D eigenvalue weighted by atomic mass is 15.2. The summed E-state index contributed by atoms with van der Waals surface area (Å²) in [6.45, 7) is 8.44. The van der Waals surface area contributed by atoms with E-state index in [4.69, 9.17) is 0 Å². The molecule has 2 heteroatoms. The smallest absolute Gasteiger partial charge is 0.0218 e. The van der Waals surface area contributed by atoms with Gasteiger partial charge in [-0.05, 0) is 32.1 Å². The Bertz CT molecular complexity index is 177. The van der Waals surface area contributed by atoms with E-state index in [1.807, 2.05) is 0 Å². The lowest BCUT2D eigenvalue weighted by atomic mass is 9.84. The second-order valence-electron chi connectivity index (χ2n) is 5.12. The van der Waals surface area contributed by atoms with Crippen molar-refractivity contribution in [2.24, 2.45) is 5.92 Å². The molecule has 1 aliphatic heterocycles. The number of rotatable bonds is 3. The van der Waals surface area contributed by atoms with Crippen LogP contribution in [0.2, 0.25) is 0 Å². The fourth-order valence-electron chi connectivity index (χ4n) is 2.66. The van der Waals surface area contributed by atoms with Gasteiger partial charge in [0.05, 0.1) is 0 Å². The van der Waals surface area contributed by atoms with Gasteiger partial charge in [-0.15, -0.1) is 0 Å². The summed E-state index contributed by atoms with van der Waals surface area (Å²) in [4.78, 5) is 2.73. The number of piperazine rings is 1. The van der Waals surface area contributed by atoms with Crippen molar-refractivity contribution in [1.29, 1.82) is 0 Å². The van der Waals surface area contributed by atoms with E-state index >= 15 is 0 Å². The molecule has 2 aliphatic rings. The standard InChI is InChI=1S/C12H24N2/c1-3-12-7-13-10(2)8-14(12)9-11-5-4-6-11/h10-13H,3-9H2,1-2H3. The Balaban J connectivity index is 1.84. The second kappa shape index (κ2) is 4.63. The number of nitrogens with one attached hydrogen (secondary N) is 1. The zero-order valence-electron chi connectivity index (χ0n) is 9.63. The molecule has 1 heterocycles. The molecule has 2 fully saturated rings. The van der Waals surface area contributed by atoms with Gasteiger partial charge in [0.25, 0.3) is 0 Å². The Hall–Kier alpha value is -0.0800. The van der Waals surface area contributed by atoms with Gasteiger partial charge in [0.1, 0.15) is 0 Å². The van der Waals surface area contributed by atoms with Crippen LogP contribution in [-0.2, 0) is 0 Å². The summed E-state index contributed by atoms with van der Waals surface area (Å²) in [6, 6.07) is 1.49. The summed E-state index contributed by atoms with van der Waals surface area (Å²) in [5.41, 5.74) is 0. The van der Waals surface area contributed by atoms with Crippen LogP contribution in [0.25, 0.3) is 0 Å². The Kier molecular flexibility index (Phi) is 3.45. The van der Waals surface area contributed by atoms with Gasteiger partial charge in [0.2, 0.25) is 0 Å². The highest BCUT2D eigenvalue weighted by molar-refractivity contribution is 4.86. The van der Waals surface area contributed by atoms with Crippen LogP contribution < -0.4 is 5.32 Å². The average Bonchev–Trinajstić information content (AvgIpc) is 2.12. The van der Waals surface area contributed by atoms with E-state index < -0.39 is 0 Å². The topological polar surface area (TPSA) is 15.3 Å². The minimum absolute atomic E-state index is 0.692. The van der Waals surface area contributed by atoms with Gasteiger partial charge in [0, 0.05) is 31.7 Å². The predicted molar refractivity (Wildman–Crippen MR) is 60.5 cm³/mol. The molecule has 2 unspecified atom stereocenters. The number of hydrogen-bond acceptors (Lipinski definition) is 2. The van der Waals surface area contributed by atoms with Crippen molar-refractivity contribution in [1.82, 2.24) is 10.2 Å². The zero-order valence-corrected chi connectivity index (χ0v) is 9.63. The fraction of sp³-hybridized carbons (Fsp3) is 1.00. The third-order valence-corrected chi connectivity index (χ3v) is 3.92. The Morgan fingerprint density at radius 1 is 1.36 bits per heavy atom. The predicted octanol–water partition coefficient (Wildman–Crippen LogP) is 1.86. The summed E-state index contributed by atoms with van der Waals surface area (Å²) in [5, 5.41) is 3.58. The van der Waals surface area contributed by atoms with E-state index in [2.05, 4.69) is 24.1 Å². The normalized spacial score (nSPS) is 35.6. The summed E-state index contributed by atoms with van der Waals surface area (Å²) in [5.74, 6) is 1.02. The van der Waals surface area contributed by atoms with Gasteiger partial charge in [0.15, 0.2) is 0 Å². The molecule has 1 saturated carbocycles. The molecule has 0 radical (unpaired) electrons. The molecule has 1 saturated heterocycles.